The summed E-state index contributed by atoms with van der Waals surface area (Å²) in [6.45, 7) is 0. The van der Waals surface area contributed by atoms with Crippen molar-refractivity contribution in [3.05, 3.63) is 35.4 Å². The first-order valence-electron chi connectivity index (χ1n) is 7.01. The van der Waals surface area contributed by atoms with Crippen molar-refractivity contribution in [3.63, 3.8) is 0 Å². The number of rotatable bonds is 1. The van der Waals surface area contributed by atoms with Crippen LogP contribution in [0.4, 0.5) is 13.2 Å². The van der Waals surface area contributed by atoms with Crippen LogP contribution in [-0.2, 0) is 6.18 Å². The zero-order chi connectivity index (χ0) is 15.2. The summed E-state index contributed by atoms with van der Waals surface area (Å²) in [7, 11) is 0. The molecule has 2 aliphatic heterocycles. The van der Waals surface area contributed by atoms with Crippen molar-refractivity contribution < 1.29 is 18.0 Å². The number of carbonyl (C=O) groups is 1. The van der Waals surface area contributed by atoms with Gasteiger partial charge in [0.1, 0.15) is 0 Å². The molecule has 3 rings (SSSR count). The van der Waals surface area contributed by atoms with E-state index in [0.29, 0.717) is 12.8 Å². The molecule has 1 aromatic rings. The number of fused-ring (bicyclic) bond motifs is 2. The average Bonchev–Trinajstić information content (AvgIpc) is 2.69. The minimum atomic E-state index is -4.52. The number of amides is 1. The van der Waals surface area contributed by atoms with E-state index in [1.807, 2.05) is 0 Å². The van der Waals surface area contributed by atoms with E-state index in [0.717, 1.165) is 18.9 Å². The van der Waals surface area contributed by atoms with Gasteiger partial charge in [0.25, 0.3) is 5.91 Å². The molecule has 0 aliphatic carbocycles. The Hall–Kier alpha value is -1.23. The number of hydrogen-bond acceptors (Lipinski definition) is 1. The van der Waals surface area contributed by atoms with Gasteiger partial charge < -0.3 is 4.90 Å². The van der Waals surface area contributed by atoms with Gasteiger partial charge in [-0.05, 0) is 37.8 Å². The Morgan fingerprint density at radius 1 is 1.14 bits per heavy atom. The average molecular weight is 318 g/mol. The molecule has 21 heavy (non-hydrogen) atoms. The third-order valence-electron chi connectivity index (χ3n) is 4.37. The molecule has 0 aromatic heterocycles. The summed E-state index contributed by atoms with van der Waals surface area (Å²) < 4.78 is 39.2. The minimum absolute atomic E-state index is 0.0180. The molecule has 2 unspecified atom stereocenters. The molecule has 2 heterocycles. The predicted molar refractivity (Wildman–Crippen MR) is 73.3 cm³/mol. The molecule has 0 spiro atoms. The standard InChI is InChI=1S/C15H15ClF3NO/c16-9-7-10-5-6-11(8-9)20(10)14(21)12-3-1-2-4-13(12)15(17,18)19/h1-4,9-11H,5-8H2. The van der Waals surface area contributed by atoms with Crippen LogP contribution in [0.1, 0.15) is 41.6 Å². The lowest BCUT2D eigenvalue weighted by Crippen LogP contribution is -2.47. The lowest BCUT2D eigenvalue weighted by Gasteiger charge is -2.37. The highest BCUT2D eigenvalue weighted by molar-refractivity contribution is 6.20. The second-order valence-corrected chi connectivity index (χ2v) is 6.33. The molecule has 2 bridgehead atoms. The quantitative estimate of drug-likeness (QED) is 0.715. The fourth-order valence-corrected chi connectivity index (χ4v) is 3.91. The molecule has 1 aromatic carbocycles. The first kappa shape index (κ1) is 14.7. The molecule has 0 saturated carbocycles. The number of hydrogen-bond donors (Lipinski definition) is 0. The number of carbonyl (C=O) groups excluding carboxylic acids is 1. The second-order valence-electron chi connectivity index (χ2n) is 5.71. The van der Waals surface area contributed by atoms with Crippen LogP contribution in [0.5, 0.6) is 0 Å². The molecule has 2 saturated heterocycles. The highest BCUT2D eigenvalue weighted by atomic mass is 35.5. The van der Waals surface area contributed by atoms with Gasteiger partial charge >= 0.3 is 6.18 Å². The van der Waals surface area contributed by atoms with Gasteiger partial charge in [0.15, 0.2) is 0 Å². The SMILES string of the molecule is O=C(c1ccccc1C(F)(F)F)N1C2CCC1CC(Cl)C2. The van der Waals surface area contributed by atoms with Gasteiger partial charge in [-0.3, -0.25) is 4.79 Å². The van der Waals surface area contributed by atoms with Crippen molar-refractivity contribution >= 4 is 17.5 Å². The smallest absolute Gasteiger partial charge is 0.333 e. The molecular weight excluding hydrogens is 303 g/mol. The van der Waals surface area contributed by atoms with E-state index in [1.165, 1.54) is 18.2 Å². The van der Waals surface area contributed by atoms with Crippen LogP contribution < -0.4 is 0 Å². The van der Waals surface area contributed by atoms with Crippen molar-refractivity contribution in [1.82, 2.24) is 4.90 Å². The Labute approximate surface area is 125 Å². The molecule has 0 N–H and O–H groups in total. The third kappa shape index (κ3) is 2.63. The zero-order valence-corrected chi connectivity index (χ0v) is 12.0. The second kappa shape index (κ2) is 5.20. The van der Waals surface area contributed by atoms with E-state index in [-0.39, 0.29) is 23.0 Å². The maximum atomic E-state index is 13.1. The number of nitrogens with zero attached hydrogens (tertiary/aromatic N) is 1. The Balaban J connectivity index is 1.94. The van der Waals surface area contributed by atoms with Crippen LogP contribution in [0, 0.1) is 0 Å². The van der Waals surface area contributed by atoms with E-state index in [2.05, 4.69) is 0 Å². The van der Waals surface area contributed by atoms with E-state index in [1.54, 1.807) is 4.90 Å². The van der Waals surface area contributed by atoms with Gasteiger partial charge in [0.05, 0.1) is 11.1 Å². The highest BCUT2D eigenvalue weighted by Gasteiger charge is 2.45. The topological polar surface area (TPSA) is 20.3 Å². The Bertz CT molecular complexity index is 546. The Morgan fingerprint density at radius 3 is 2.29 bits per heavy atom. The predicted octanol–water partition coefficient (Wildman–Crippen LogP) is 4.08. The molecule has 2 atom stereocenters. The minimum Gasteiger partial charge on any atom is -0.333 e. The lowest BCUT2D eigenvalue weighted by molar-refractivity contribution is -0.138. The van der Waals surface area contributed by atoms with Crippen LogP contribution in [0.2, 0.25) is 0 Å². The monoisotopic (exact) mass is 317 g/mol. The van der Waals surface area contributed by atoms with E-state index in [9.17, 15) is 18.0 Å². The Morgan fingerprint density at radius 2 is 1.71 bits per heavy atom. The molecule has 2 nitrogen and oxygen atoms in total. The lowest BCUT2D eigenvalue weighted by atomic mass is 9.99. The molecule has 2 aliphatic rings. The van der Waals surface area contributed by atoms with E-state index in [4.69, 9.17) is 11.6 Å². The summed E-state index contributed by atoms with van der Waals surface area (Å²) in [4.78, 5) is 14.2. The number of halogens is 4. The van der Waals surface area contributed by atoms with Crippen molar-refractivity contribution in [3.8, 4) is 0 Å². The maximum Gasteiger partial charge on any atom is 0.417 e. The maximum absolute atomic E-state index is 13.1. The summed E-state index contributed by atoms with van der Waals surface area (Å²) in [5, 5.41) is 0.0180. The van der Waals surface area contributed by atoms with E-state index < -0.39 is 17.6 Å². The van der Waals surface area contributed by atoms with Gasteiger partial charge in [-0.15, -0.1) is 11.6 Å². The van der Waals surface area contributed by atoms with Crippen molar-refractivity contribution in [2.45, 2.75) is 49.3 Å². The Kier molecular flexibility index (Phi) is 3.64. The number of alkyl halides is 4. The normalized spacial score (nSPS) is 28.8. The number of piperidine rings is 1. The summed E-state index contributed by atoms with van der Waals surface area (Å²) in [6.07, 6.45) is -1.53. The largest absolute Gasteiger partial charge is 0.417 e. The molecule has 0 radical (unpaired) electrons. The van der Waals surface area contributed by atoms with Crippen molar-refractivity contribution in [2.24, 2.45) is 0 Å². The van der Waals surface area contributed by atoms with Gasteiger partial charge in [0.2, 0.25) is 0 Å². The van der Waals surface area contributed by atoms with Gasteiger partial charge in [-0.1, -0.05) is 12.1 Å². The van der Waals surface area contributed by atoms with Crippen LogP contribution in [-0.4, -0.2) is 28.3 Å². The van der Waals surface area contributed by atoms with E-state index >= 15 is 0 Å². The summed E-state index contributed by atoms with van der Waals surface area (Å²) in [5.41, 5.74) is -1.11. The van der Waals surface area contributed by atoms with Crippen LogP contribution >= 0.6 is 11.6 Å². The van der Waals surface area contributed by atoms with Crippen LogP contribution in [0.15, 0.2) is 24.3 Å². The molecule has 6 heteroatoms. The first-order valence-corrected chi connectivity index (χ1v) is 7.44. The van der Waals surface area contributed by atoms with Crippen LogP contribution in [0.3, 0.4) is 0 Å². The number of benzene rings is 1. The molecule has 2 fully saturated rings. The van der Waals surface area contributed by atoms with Gasteiger partial charge in [-0.2, -0.15) is 13.2 Å². The molecule has 114 valence electrons. The van der Waals surface area contributed by atoms with Gasteiger partial charge in [-0.25, -0.2) is 0 Å². The highest BCUT2D eigenvalue weighted by Crippen LogP contribution is 2.40. The van der Waals surface area contributed by atoms with Crippen molar-refractivity contribution in [1.29, 1.82) is 0 Å². The zero-order valence-electron chi connectivity index (χ0n) is 11.2. The fourth-order valence-electron chi connectivity index (χ4n) is 3.50. The van der Waals surface area contributed by atoms with Crippen molar-refractivity contribution in [2.75, 3.05) is 0 Å². The van der Waals surface area contributed by atoms with Gasteiger partial charge in [0, 0.05) is 17.5 Å². The third-order valence-corrected chi connectivity index (χ3v) is 4.73. The summed E-state index contributed by atoms with van der Waals surface area (Å²) >= 11 is 6.15. The molecular formula is C15H15ClF3NO. The summed E-state index contributed by atoms with van der Waals surface area (Å²) in [5.74, 6) is -0.515. The molecule has 1 amide bonds. The summed E-state index contributed by atoms with van der Waals surface area (Å²) in [6, 6.07) is 4.94. The first-order chi connectivity index (χ1) is 9.88. The van der Waals surface area contributed by atoms with Crippen LogP contribution in [0.25, 0.3) is 0 Å². The fraction of sp³-hybridized carbons (Fsp3) is 0.533.